The molecule has 192 valence electrons. The highest BCUT2D eigenvalue weighted by Gasteiger charge is 2.41. The quantitative estimate of drug-likeness (QED) is 0.446. The Kier molecular flexibility index (Phi) is 8.77. The topological polar surface area (TPSA) is 61.9 Å². The summed E-state index contributed by atoms with van der Waals surface area (Å²) in [7, 11) is 0. The van der Waals surface area contributed by atoms with E-state index in [2.05, 4.69) is 10.2 Å². The number of morpholine rings is 1. The molecule has 3 fully saturated rings. The van der Waals surface area contributed by atoms with Crippen LogP contribution >= 0.6 is 11.8 Å². The molecule has 2 saturated heterocycles. The number of nitrogens with one attached hydrogen (secondary N) is 1. The minimum atomic E-state index is -4.40. The van der Waals surface area contributed by atoms with Gasteiger partial charge in [-0.1, -0.05) is 25.0 Å². The van der Waals surface area contributed by atoms with Crippen LogP contribution in [-0.2, 0) is 20.5 Å². The molecule has 0 bridgehead atoms. The van der Waals surface area contributed by atoms with Crippen LogP contribution in [0.1, 0.15) is 43.2 Å². The molecule has 2 amide bonds. The first-order valence-electron chi connectivity index (χ1n) is 12.2. The first kappa shape index (κ1) is 26.0. The van der Waals surface area contributed by atoms with Gasteiger partial charge < -0.3 is 15.0 Å². The van der Waals surface area contributed by atoms with Crippen molar-refractivity contribution in [1.29, 1.82) is 0 Å². The molecule has 1 aromatic rings. The lowest BCUT2D eigenvalue weighted by Crippen LogP contribution is -2.54. The van der Waals surface area contributed by atoms with E-state index in [1.807, 2.05) is 0 Å². The molecule has 1 aliphatic carbocycles. The van der Waals surface area contributed by atoms with Crippen molar-refractivity contribution in [1.82, 2.24) is 15.1 Å². The van der Waals surface area contributed by atoms with E-state index in [-0.39, 0.29) is 29.7 Å². The summed E-state index contributed by atoms with van der Waals surface area (Å²) < 4.78 is 44.0. The predicted octanol–water partition coefficient (Wildman–Crippen LogP) is 3.77. The largest absolute Gasteiger partial charge is 0.416 e. The second-order valence-electron chi connectivity index (χ2n) is 9.23. The van der Waals surface area contributed by atoms with Crippen LogP contribution in [0.25, 0.3) is 6.08 Å². The number of halogens is 3. The fourth-order valence-electron chi connectivity index (χ4n) is 4.85. The van der Waals surface area contributed by atoms with E-state index in [9.17, 15) is 22.8 Å². The summed E-state index contributed by atoms with van der Waals surface area (Å²) in [4.78, 5) is 30.5. The van der Waals surface area contributed by atoms with Crippen molar-refractivity contribution in [3.05, 3.63) is 40.3 Å². The number of benzene rings is 1. The SMILES string of the molecule is O=C(CN1C(=O)/C(=C/c2ccc(C(F)(F)F)cc2)SC2CCCCC21)NCCCN1CCOCC1. The van der Waals surface area contributed by atoms with E-state index in [4.69, 9.17) is 4.74 Å². The lowest BCUT2D eigenvalue weighted by molar-refractivity contribution is -0.137. The van der Waals surface area contributed by atoms with Gasteiger partial charge in [-0.2, -0.15) is 13.2 Å². The summed E-state index contributed by atoms with van der Waals surface area (Å²) in [6.45, 7) is 4.75. The van der Waals surface area contributed by atoms with E-state index < -0.39 is 11.7 Å². The maximum Gasteiger partial charge on any atom is 0.416 e. The van der Waals surface area contributed by atoms with Crippen LogP contribution in [0.5, 0.6) is 0 Å². The third-order valence-corrected chi connectivity index (χ3v) is 8.14. The van der Waals surface area contributed by atoms with Crippen molar-refractivity contribution in [2.24, 2.45) is 0 Å². The molecule has 2 heterocycles. The maximum absolute atomic E-state index is 13.3. The van der Waals surface area contributed by atoms with Crippen molar-refractivity contribution >= 4 is 29.7 Å². The fourth-order valence-corrected chi connectivity index (χ4v) is 6.32. The monoisotopic (exact) mass is 511 g/mol. The maximum atomic E-state index is 13.3. The minimum absolute atomic E-state index is 0.00245. The van der Waals surface area contributed by atoms with Crippen molar-refractivity contribution in [2.75, 3.05) is 45.9 Å². The lowest BCUT2D eigenvalue weighted by Gasteiger charge is -2.43. The molecule has 2 unspecified atom stereocenters. The van der Waals surface area contributed by atoms with E-state index in [1.54, 1.807) is 11.0 Å². The molecular formula is C25H32F3N3O3S. The van der Waals surface area contributed by atoms with E-state index in [1.165, 1.54) is 23.9 Å². The number of rotatable bonds is 7. The van der Waals surface area contributed by atoms with Gasteiger partial charge in [-0.3, -0.25) is 14.5 Å². The third kappa shape index (κ3) is 7.01. The number of fused-ring (bicyclic) bond motifs is 1. The Labute approximate surface area is 208 Å². The van der Waals surface area contributed by atoms with Gasteiger partial charge in [0.15, 0.2) is 0 Å². The molecule has 2 atom stereocenters. The summed E-state index contributed by atoms with van der Waals surface area (Å²) >= 11 is 1.50. The van der Waals surface area contributed by atoms with Gasteiger partial charge in [0, 0.05) is 30.9 Å². The standard InChI is InChI=1S/C25H32F3N3O3S/c26-25(27,28)19-8-6-18(7-9-19)16-22-24(33)31(20-4-1-2-5-21(20)35-22)17-23(32)29-10-3-11-30-12-14-34-15-13-30/h6-9,16,20-21H,1-5,10-15,17H2,(H,29,32)/b22-16-. The van der Waals surface area contributed by atoms with Gasteiger partial charge in [-0.15, -0.1) is 11.8 Å². The molecule has 6 nitrogen and oxygen atoms in total. The average Bonchev–Trinajstić information content (AvgIpc) is 2.85. The van der Waals surface area contributed by atoms with Crippen molar-refractivity contribution in [2.45, 2.75) is 49.6 Å². The van der Waals surface area contributed by atoms with Gasteiger partial charge in [0.25, 0.3) is 5.91 Å². The minimum Gasteiger partial charge on any atom is -0.379 e. The van der Waals surface area contributed by atoms with E-state index >= 15 is 0 Å². The number of thioether (sulfide) groups is 1. The number of hydrogen-bond acceptors (Lipinski definition) is 5. The van der Waals surface area contributed by atoms with Crippen LogP contribution in [0.3, 0.4) is 0 Å². The fraction of sp³-hybridized carbons (Fsp3) is 0.600. The number of hydrogen-bond donors (Lipinski definition) is 1. The average molecular weight is 512 g/mol. The zero-order valence-corrected chi connectivity index (χ0v) is 20.5. The molecule has 1 aromatic carbocycles. The first-order valence-corrected chi connectivity index (χ1v) is 13.1. The Hall–Kier alpha value is -2.04. The Balaban J connectivity index is 1.38. The molecule has 0 aromatic heterocycles. The van der Waals surface area contributed by atoms with Gasteiger partial charge in [0.05, 0.1) is 23.7 Å². The van der Waals surface area contributed by atoms with Crippen molar-refractivity contribution in [3.8, 4) is 0 Å². The Morgan fingerprint density at radius 3 is 2.57 bits per heavy atom. The third-order valence-electron chi connectivity index (χ3n) is 6.74. The number of carbonyl (C=O) groups is 2. The highest BCUT2D eigenvalue weighted by molar-refractivity contribution is 8.04. The van der Waals surface area contributed by atoms with Crippen LogP contribution in [0.4, 0.5) is 13.2 Å². The summed E-state index contributed by atoms with van der Waals surface area (Å²) in [6.07, 6.45) is 1.97. The smallest absolute Gasteiger partial charge is 0.379 e. The number of nitrogens with zero attached hydrogens (tertiary/aromatic N) is 2. The molecule has 0 spiro atoms. The van der Waals surface area contributed by atoms with Gasteiger partial charge in [-0.25, -0.2) is 0 Å². The van der Waals surface area contributed by atoms with E-state index in [0.717, 1.165) is 77.1 Å². The van der Waals surface area contributed by atoms with Crippen LogP contribution in [0.2, 0.25) is 0 Å². The van der Waals surface area contributed by atoms with E-state index in [0.29, 0.717) is 17.0 Å². The number of carbonyl (C=O) groups excluding carboxylic acids is 2. The van der Waals surface area contributed by atoms with Crippen LogP contribution in [0.15, 0.2) is 29.2 Å². The summed E-state index contributed by atoms with van der Waals surface area (Å²) in [6, 6.07) is 4.81. The van der Waals surface area contributed by atoms with Gasteiger partial charge >= 0.3 is 6.18 Å². The predicted molar refractivity (Wildman–Crippen MR) is 130 cm³/mol. The highest BCUT2D eigenvalue weighted by Crippen LogP contribution is 2.42. The second-order valence-corrected chi connectivity index (χ2v) is 10.5. The Morgan fingerprint density at radius 2 is 1.86 bits per heavy atom. The molecule has 10 heteroatoms. The normalized spacial score (nSPS) is 24.9. The number of ether oxygens (including phenoxy) is 1. The zero-order valence-electron chi connectivity index (χ0n) is 19.7. The summed E-state index contributed by atoms with van der Waals surface area (Å²) in [5.74, 6) is -0.396. The van der Waals surface area contributed by atoms with Crippen molar-refractivity contribution in [3.63, 3.8) is 0 Å². The van der Waals surface area contributed by atoms with Crippen LogP contribution < -0.4 is 5.32 Å². The van der Waals surface area contributed by atoms with Crippen molar-refractivity contribution < 1.29 is 27.5 Å². The van der Waals surface area contributed by atoms with Gasteiger partial charge in [0.2, 0.25) is 5.91 Å². The molecule has 35 heavy (non-hydrogen) atoms. The Morgan fingerprint density at radius 1 is 1.14 bits per heavy atom. The number of amides is 2. The molecule has 3 aliphatic rings. The van der Waals surface area contributed by atoms with Crippen LogP contribution in [-0.4, -0.2) is 78.8 Å². The molecule has 2 aliphatic heterocycles. The lowest BCUT2D eigenvalue weighted by atomic mass is 9.93. The molecule has 0 radical (unpaired) electrons. The number of alkyl halides is 3. The second kappa shape index (κ2) is 11.8. The first-order chi connectivity index (χ1) is 16.8. The molecule has 4 rings (SSSR count). The van der Waals surface area contributed by atoms with Gasteiger partial charge in [-0.05, 0) is 49.6 Å². The highest BCUT2D eigenvalue weighted by atomic mass is 32.2. The zero-order chi connectivity index (χ0) is 24.8. The van der Waals surface area contributed by atoms with Crippen LogP contribution in [0, 0.1) is 0 Å². The van der Waals surface area contributed by atoms with Gasteiger partial charge in [0.1, 0.15) is 6.54 Å². The Bertz CT molecular complexity index is 917. The molecular weight excluding hydrogens is 479 g/mol. The summed E-state index contributed by atoms with van der Waals surface area (Å²) in [5, 5.41) is 3.14. The molecule has 1 N–H and O–H groups in total. The molecule has 1 saturated carbocycles. The summed E-state index contributed by atoms with van der Waals surface area (Å²) in [5.41, 5.74) is -0.183.